The fourth-order valence-electron chi connectivity index (χ4n) is 1.56. The third-order valence-electron chi connectivity index (χ3n) is 2.42. The van der Waals surface area contributed by atoms with E-state index in [4.69, 9.17) is 10.3 Å². The number of hydrogen-bond acceptors (Lipinski definition) is 4. The maximum atomic E-state index is 13.5. The standard InChI is InChI=1S/C12H14BrFN4O2/c1-2-20-12(19)11(16-5-6-17-18-15)8-3-4-9(13)10(14)7-8/h3-4,7,11,16H,2,5-6H2,1H3. The molecule has 0 saturated heterocycles. The number of halogens is 2. The zero-order valence-corrected chi connectivity index (χ0v) is 12.4. The van der Waals surface area contributed by atoms with Crippen LogP contribution in [0.25, 0.3) is 10.4 Å². The van der Waals surface area contributed by atoms with Gasteiger partial charge in [-0.05, 0) is 46.1 Å². The lowest BCUT2D eigenvalue weighted by atomic mass is 10.1. The summed E-state index contributed by atoms with van der Waals surface area (Å²) < 4.78 is 18.8. The van der Waals surface area contributed by atoms with Crippen molar-refractivity contribution in [1.82, 2.24) is 5.32 Å². The Morgan fingerprint density at radius 3 is 3.00 bits per heavy atom. The first kappa shape index (κ1) is 16.4. The van der Waals surface area contributed by atoms with Crippen LogP contribution in [0.4, 0.5) is 4.39 Å². The topological polar surface area (TPSA) is 87.1 Å². The van der Waals surface area contributed by atoms with Gasteiger partial charge in [0.15, 0.2) is 0 Å². The van der Waals surface area contributed by atoms with Gasteiger partial charge in [0.1, 0.15) is 11.9 Å². The molecule has 0 fully saturated rings. The highest BCUT2D eigenvalue weighted by Crippen LogP contribution is 2.21. The van der Waals surface area contributed by atoms with Crippen molar-refractivity contribution in [3.05, 3.63) is 44.5 Å². The number of nitrogens with one attached hydrogen (secondary N) is 1. The lowest BCUT2D eigenvalue weighted by Crippen LogP contribution is -2.32. The number of azide groups is 1. The SMILES string of the molecule is CCOC(=O)C(NCCN=[N+]=[N-])c1ccc(Br)c(F)c1. The average molecular weight is 345 g/mol. The van der Waals surface area contributed by atoms with E-state index in [0.29, 0.717) is 10.0 Å². The van der Waals surface area contributed by atoms with Crippen LogP contribution in [0, 0.1) is 5.82 Å². The summed E-state index contributed by atoms with van der Waals surface area (Å²) in [7, 11) is 0. The molecule has 0 saturated carbocycles. The molecule has 0 amide bonds. The molecular weight excluding hydrogens is 331 g/mol. The Kier molecular flexibility index (Phi) is 7.00. The van der Waals surface area contributed by atoms with E-state index in [9.17, 15) is 9.18 Å². The molecule has 1 aromatic carbocycles. The van der Waals surface area contributed by atoms with Crippen LogP contribution in [0.5, 0.6) is 0 Å². The molecule has 1 aromatic rings. The number of benzene rings is 1. The molecule has 108 valence electrons. The van der Waals surface area contributed by atoms with Gasteiger partial charge in [-0.25, -0.2) is 9.18 Å². The van der Waals surface area contributed by atoms with Gasteiger partial charge in [-0.3, -0.25) is 0 Å². The van der Waals surface area contributed by atoms with Crippen LogP contribution in [-0.2, 0) is 9.53 Å². The number of nitrogens with zero attached hydrogens (tertiary/aromatic N) is 3. The lowest BCUT2D eigenvalue weighted by molar-refractivity contribution is -0.145. The summed E-state index contributed by atoms with van der Waals surface area (Å²) in [6.45, 7) is 2.39. The summed E-state index contributed by atoms with van der Waals surface area (Å²) in [4.78, 5) is 14.5. The van der Waals surface area contributed by atoms with Gasteiger partial charge in [0.25, 0.3) is 0 Å². The van der Waals surface area contributed by atoms with Crippen molar-refractivity contribution in [2.75, 3.05) is 19.7 Å². The molecular formula is C12H14BrFN4O2. The number of ether oxygens (including phenoxy) is 1. The Morgan fingerprint density at radius 1 is 1.65 bits per heavy atom. The molecule has 8 heteroatoms. The van der Waals surface area contributed by atoms with Crippen LogP contribution >= 0.6 is 15.9 Å². The maximum absolute atomic E-state index is 13.5. The molecule has 1 N–H and O–H groups in total. The first-order valence-electron chi connectivity index (χ1n) is 5.96. The van der Waals surface area contributed by atoms with E-state index >= 15 is 0 Å². The summed E-state index contributed by atoms with van der Waals surface area (Å²) in [6, 6.07) is 3.60. The fraction of sp³-hybridized carbons (Fsp3) is 0.417. The highest BCUT2D eigenvalue weighted by atomic mass is 79.9. The Labute approximate surface area is 124 Å². The molecule has 0 bridgehead atoms. The van der Waals surface area contributed by atoms with Gasteiger partial charge in [0, 0.05) is 18.0 Å². The van der Waals surface area contributed by atoms with Gasteiger partial charge >= 0.3 is 5.97 Å². The van der Waals surface area contributed by atoms with Crippen molar-refractivity contribution >= 4 is 21.9 Å². The minimum Gasteiger partial charge on any atom is -0.465 e. The maximum Gasteiger partial charge on any atom is 0.327 e. The van der Waals surface area contributed by atoms with Crippen molar-refractivity contribution in [1.29, 1.82) is 0 Å². The smallest absolute Gasteiger partial charge is 0.327 e. The monoisotopic (exact) mass is 344 g/mol. The van der Waals surface area contributed by atoms with E-state index in [-0.39, 0.29) is 19.7 Å². The normalized spacial score (nSPS) is 11.6. The van der Waals surface area contributed by atoms with Crippen molar-refractivity contribution in [3.63, 3.8) is 0 Å². The minimum absolute atomic E-state index is 0.186. The number of hydrogen-bond donors (Lipinski definition) is 1. The van der Waals surface area contributed by atoms with Crippen LogP contribution in [0.3, 0.4) is 0 Å². The van der Waals surface area contributed by atoms with E-state index in [1.165, 1.54) is 12.1 Å². The lowest BCUT2D eigenvalue weighted by Gasteiger charge is -2.17. The van der Waals surface area contributed by atoms with Gasteiger partial charge in [-0.15, -0.1) is 0 Å². The van der Waals surface area contributed by atoms with Crippen molar-refractivity contribution in [3.8, 4) is 0 Å². The summed E-state index contributed by atoms with van der Waals surface area (Å²) >= 11 is 3.05. The molecule has 0 aliphatic heterocycles. The number of rotatable bonds is 7. The molecule has 0 heterocycles. The Bertz CT molecular complexity index is 520. The minimum atomic E-state index is -0.800. The van der Waals surface area contributed by atoms with E-state index in [2.05, 4.69) is 31.3 Å². The van der Waals surface area contributed by atoms with Gasteiger partial charge in [-0.2, -0.15) is 0 Å². The van der Waals surface area contributed by atoms with E-state index in [0.717, 1.165) is 0 Å². The molecule has 0 aliphatic rings. The third kappa shape index (κ3) is 4.80. The van der Waals surface area contributed by atoms with Crippen LogP contribution in [0.1, 0.15) is 18.5 Å². The second-order valence-electron chi connectivity index (χ2n) is 3.77. The van der Waals surface area contributed by atoms with Crippen molar-refractivity contribution < 1.29 is 13.9 Å². The van der Waals surface area contributed by atoms with Crippen molar-refractivity contribution in [2.45, 2.75) is 13.0 Å². The molecule has 0 radical (unpaired) electrons. The van der Waals surface area contributed by atoms with Gasteiger partial charge in [-0.1, -0.05) is 11.2 Å². The zero-order chi connectivity index (χ0) is 15.0. The molecule has 20 heavy (non-hydrogen) atoms. The first-order valence-corrected chi connectivity index (χ1v) is 6.75. The summed E-state index contributed by atoms with van der Waals surface area (Å²) in [5, 5.41) is 6.24. The number of carbonyl (C=O) groups excluding carboxylic acids is 1. The molecule has 1 rings (SSSR count). The zero-order valence-electron chi connectivity index (χ0n) is 10.8. The van der Waals surface area contributed by atoms with E-state index < -0.39 is 17.8 Å². The first-order chi connectivity index (χ1) is 9.60. The summed E-state index contributed by atoms with van der Waals surface area (Å²) in [6.07, 6.45) is 0. The van der Waals surface area contributed by atoms with Gasteiger partial charge in [0.05, 0.1) is 11.1 Å². The largest absolute Gasteiger partial charge is 0.465 e. The molecule has 1 unspecified atom stereocenters. The third-order valence-corrected chi connectivity index (χ3v) is 3.07. The van der Waals surface area contributed by atoms with Gasteiger partial charge < -0.3 is 10.1 Å². The molecule has 0 spiro atoms. The number of esters is 1. The second-order valence-corrected chi connectivity index (χ2v) is 4.62. The van der Waals surface area contributed by atoms with Crippen LogP contribution in [0.15, 0.2) is 27.8 Å². The Morgan fingerprint density at radius 2 is 2.40 bits per heavy atom. The Hall–Kier alpha value is -1.63. The molecule has 0 aliphatic carbocycles. The quantitative estimate of drug-likeness (QED) is 0.271. The van der Waals surface area contributed by atoms with Gasteiger partial charge in [0.2, 0.25) is 0 Å². The highest BCUT2D eigenvalue weighted by Gasteiger charge is 2.22. The Balaban J connectivity index is 2.87. The predicted molar refractivity (Wildman–Crippen MR) is 75.5 cm³/mol. The molecule has 6 nitrogen and oxygen atoms in total. The highest BCUT2D eigenvalue weighted by molar-refractivity contribution is 9.10. The molecule has 1 atom stereocenters. The predicted octanol–water partition coefficient (Wildman–Crippen LogP) is 3.09. The van der Waals surface area contributed by atoms with Crippen LogP contribution in [-0.4, -0.2) is 25.7 Å². The van der Waals surface area contributed by atoms with Crippen molar-refractivity contribution in [2.24, 2.45) is 5.11 Å². The number of carbonyl (C=O) groups is 1. The summed E-state index contributed by atoms with van der Waals surface area (Å²) in [5.74, 6) is -0.969. The summed E-state index contributed by atoms with van der Waals surface area (Å²) in [5.41, 5.74) is 8.64. The van der Waals surface area contributed by atoms with Crippen LogP contribution < -0.4 is 5.32 Å². The average Bonchev–Trinajstić information content (AvgIpc) is 2.42. The molecule has 0 aromatic heterocycles. The van der Waals surface area contributed by atoms with Crippen LogP contribution in [0.2, 0.25) is 0 Å². The second kappa shape index (κ2) is 8.52. The fourth-order valence-corrected chi connectivity index (χ4v) is 1.81. The van der Waals surface area contributed by atoms with E-state index in [1.54, 1.807) is 13.0 Å². The van der Waals surface area contributed by atoms with E-state index in [1.807, 2.05) is 0 Å².